The first-order valence-corrected chi connectivity index (χ1v) is 24.0. The summed E-state index contributed by atoms with van der Waals surface area (Å²) in [6, 6.07) is 61.9. The molecule has 6 aromatic carbocycles. The highest BCUT2D eigenvalue weighted by molar-refractivity contribution is 6.10. The summed E-state index contributed by atoms with van der Waals surface area (Å²) < 4.78 is 17.0. The second-order valence-corrected chi connectivity index (χ2v) is 17.4. The van der Waals surface area contributed by atoms with E-state index in [4.69, 9.17) is 9.47 Å². The Morgan fingerprint density at radius 2 is 0.819 bits per heavy atom. The van der Waals surface area contributed by atoms with Gasteiger partial charge in [0.15, 0.2) is 0 Å². The van der Waals surface area contributed by atoms with Crippen LogP contribution in [0, 0.1) is 0 Å². The summed E-state index contributed by atoms with van der Waals surface area (Å²) in [5.74, 6) is -0.683. The Bertz CT molecular complexity index is 3850. The number of aliphatic hydroxyl groups excluding tert-OH is 1. The molecular formula is C61H52N6O5. The summed E-state index contributed by atoms with van der Waals surface area (Å²) in [6.07, 6.45) is 5.51. The van der Waals surface area contributed by atoms with E-state index in [1.54, 1.807) is 13.1 Å². The molecule has 1 N–H and O–H groups in total. The van der Waals surface area contributed by atoms with Gasteiger partial charge in [-0.1, -0.05) is 146 Å². The van der Waals surface area contributed by atoms with Crippen molar-refractivity contribution in [1.29, 1.82) is 0 Å². The van der Waals surface area contributed by atoms with Crippen LogP contribution >= 0.6 is 0 Å². The quantitative estimate of drug-likeness (QED) is 0.127. The zero-order valence-corrected chi connectivity index (χ0v) is 40.1. The van der Waals surface area contributed by atoms with E-state index in [1.165, 1.54) is 45.4 Å². The predicted octanol–water partition coefficient (Wildman–Crippen LogP) is 12.4. The van der Waals surface area contributed by atoms with Gasteiger partial charge in [-0.05, 0) is 60.0 Å². The number of para-hydroxylation sites is 3. The largest absolute Gasteiger partial charge is 0.461 e. The zero-order valence-electron chi connectivity index (χ0n) is 40.1. The Hall–Kier alpha value is -8.93. The van der Waals surface area contributed by atoms with Crippen LogP contribution in [0.1, 0.15) is 52.4 Å². The molecule has 0 fully saturated rings. The van der Waals surface area contributed by atoms with E-state index in [1.807, 2.05) is 85.2 Å². The number of carbonyl (C=O) groups excluding carboxylic acids is 2. The van der Waals surface area contributed by atoms with Crippen LogP contribution in [-0.2, 0) is 47.1 Å². The van der Waals surface area contributed by atoms with Crippen LogP contribution < -0.4 is 0 Å². The number of pyridine rings is 3. The van der Waals surface area contributed by atoms with E-state index in [-0.39, 0.29) is 25.2 Å². The van der Waals surface area contributed by atoms with Crippen molar-refractivity contribution in [2.45, 2.75) is 46.7 Å². The molecule has 0 aliphatic rings. The van der Waals surface area contributed by atoms with Crippen molar-refractivity contribution in [2.24, 2.45) is 0 Å². The number of hydrogen-bond donors (Lipinski definition) is 1. The maximum Gasteiger partial charge on any atom is 0.356 e. The summed E-state index contributed by atoms with van der Waals surface area (Å²) in [7, 11) is 0. The number of aliphatic hydroxyl groups is 1. The lowest BCUT2D eigenvalue weighted by Gasteiger charge is -2.08. The van der Waals surface area contributed by atoms with E-state index < -0.39 is 0 Å². The number of benzene rings is 6. The SMILES string of the molecule is CC(=O)OCc1cc2c3ccccc3n(Cc3ccccc3)c2cn1.CCOC(=O)c1cc2c3ccccc3n(Cc3ccccc3)c2cn1.OCc1cc2c3ccccc3n(Cc3ccccc3)c2cn1. The van der Waals surface area contributed by atoms with Crippen LogP contribution in [0.2, 0.25) is 0 Å². The van der Waals surface area contributed by atoms with Crippen LogP contribution in [0.25, 0.3) is 65.4 Å². The second kappa shape index (κ2) is 21.4. The third kappa shape index (κ3) is 9.92. The highest BCUT2D eigenvalue weighted by atomic mass is 16.5. The Morgan fingerprint density at radius 1 is 0.444 bits per heavy atom. The van der Waals surface area contributed by atoms with Gasteiger partial charge >= 0.3 is 11.9 Å². The van der Waals surface area contributed by atoms with Crippen LogP contribution in [0.4, 0.5) is 0 Å². The minimum absolute atomic E-state index is 0.0336. The first-order valence-electron chi connectivity index (χ1n) is 24.0. The van der Waals surface area contributed by atoms with Gasteiger partial charge < -0.3 is 28.3 Å². The molecule has 0 atom stereocenters. The van der Waals surface area contributed by atoms with E-state index >= 15 is 0 Å². The highest BCUT2D eigenvalue weighted by Crippen LogP contribution is 2.33. The molecule has 0 saturated carbocycles. The van der Waals surface area contributed by atoms with Crippen molar-refractivity contribution >= 4 is 77.4 Å². The van der Waals surface area contributed by atoms with Crippen molar-refractivity contribution in [1.82, 2.24) is 28.7 Å². The fraction of sp³-hybridized carbons (Fsp3) is 0.131. The van der Waals surface area contributed by atoms with Gasteiger partial charge in [0.05, 0.1) is 59.7 Å². The molecule has 0 spiro atoms. The average molecular weight is 949 g/mol. The van der Waals surface area contributed by atoms with Crippen molar-refractivity contribution in [2.75, 3.05) is 6.61 Å². The molecule has 0 bridgehead atoms. The Balaban J connectivity index is 0.000000125. The Morgan fingerprint density at radius 3 is 1.24 bits per heavy atom. The molecule has 0 amide bonds. The van der Waals surface area contributed by atoms with Crippen LogP contribution in [0.5, 0.6) is 0 Å². The molecular weight excluding hydrogens is 897 g/mol. The lowest BCUT2D eigenvalue weighted by atomic mass is 10.1. The number of nitrogens with zero attached hydrogens (tertiary/aromatic N) is 6. The first kappa shape index (κ1) is 46.8. The molecule has 11 nitrogen and oxygen atoms in total. The van der Waals surface area contributed by atoms with Crippen LogP contribution in [0.15, 0.2) is 201 Å². The lowest BCUT2D eigenvalue weighted by molar-refractivity contribution is -0.142. The van der Waals surface area contributed by atoms with Gasteiger partial charge in [-0.2, -0.15) is 0 Å². The van der Waals surface area contributed by atoms with Gasteiger partial charge in [-0.25, -0.2) is 9.78 Å². The van der Waals surface area contributed by atoms with Gasteiger partial charge in [-0.15, -0.1) is 0 Å². The van der Waals surface area contributed by atoms with Crippen molar-refractivity contribution in [3.63, 3.8) is 0 Å². The minimum Gasteiger partial charge on any atom is -0.461 e. The van der Waals surface area contributed by atoms with Crippen LogP contribution in [0.3, 0.4) is 0 Å². The fourth-order valence-electron chi connectivity index (χ4n) is 9.39. The number of carbonyl (C=O) groups is 2. The summed E-state index contributed by atoms with van der Waals surface area (Å²) in [6.45, 7) is 6.06. The monoisotopic (exact) mass is 948 g/mol. The number of esters is 2. The van der Waals surface area contributed by atoms with E-state index in [2.05, 4.69) is 138 Å². The minimum atomic E-state index is -0.385. The average Bonchev–Trinajstić information content (AvgIpc) is 4.03. The molecule has 356 valence electrons. The van der Waals surface area contributed by atoms with E-state index in [0.717, 1.165) is 68.9 Å². The number of rotatable bonds is 11. The molecule has 0 aliphatic heterocycles. The van der Waals surface area contributed by atoms with Crippen molar-refractivity contribution < 1.29 is 24.2 Å². The standard InChI is InChI=1S/2C21H18N2O2.C19H16N2O/c1-15(24)25-14-17-11-19-18-9-5-6-10-20(18)23(21(19)12-22-17)13-16-7-3-2-4-8-16;1-2-25-21(24)18-12-17-16-10-6-7-11-19(16)23(20(17)13-22-18)14-15-8-4-3-5-9-15;22-13-15-10-17-16-8-4-5-9-18(16)21(19(17)11-20-15)12-14-6-2-1-3-7-14/h2-12H,13-14H2,1H3;3-13H,2,14H2,1H3;1-11,22H,12-13H2. The van der Waals surface area contributed by atoms with Gasteiger partial charge in [0, 0.05) is 75.4 Å². The molecule has 12 aromatic rings. The zero-order chi connectivity index (χ0) is 49.4. The Kier molecular flexibility index (Phi) is 13.9. The molecule has 0 aliphatic carbocycles. The maximum absolute atomic E-state index is 12.0. The second-order valence-electron chi connectivity index (χ2n) is 17.4. The maximum atomic E-state index is 12.0. The highest BCUT2D eigenvalue weighted by Gasteiger charge is 2.17. The Labute approximate surface area is 416 Å². The van der Waals surface area contributed by atoms with Gasteiger partial charge in [0.25, 0.3) is 0 Å². The number of ether oxygens (including phenoxy) is 2. The summed E-state index contributed by atoms with van der Waals surface area (Å²) in [5.41, 5.74) is 12.2. The number of hydrogen-bond acceptors (Lipinski definition) is 8. The lowest BCUT2D eigenvalue weighted by Crippen LogP contribution is -2.07. The topological polar surface area (TPSA) is 126 Å². The summed E-state index contributed by atoms with van der Waals surface area (Å²) in [5, 5.41) is 16.1. The van der Waals surface area contributed by atoms with Crippen LogP contribution in [-0.4, -0.2) is 52.3 Å². The molecule has 0 radical (unpaired) electrons. The molecule has 0 unspecified atom stereocenters. The predicted molar refractivity (Wildman–Crippen MR) is 286 cm³/mol. The third-order valence-electron chi connectivity index (χ3n) is 12.7. The number of fused-ring (bicyclic) bond motifs is 9. The van der Waals surface area contributed by atoms with Gasteiger partial charge in [-0.3, -0.25) is 14.8 Å². The third-order valence-corrected chi connectivity index (χ3v) is 12.7. The molecule has 11 heteroatoms. The summed E-state index contributed by atoms with van der Waals surface area (Å²) in [4.78, 5) is 36.2. The van der Waals surface area contributed by atoms with Crippen molar-refractivity contribution in [3.05, 3.63) is 234 Å². The molecule has 6 aromatic heterocycles. The fourth-order valence-corrected chi connectivity index (χ4v) is 9.39. The normalized spacial score (nSPS) is 11.2. The van der Waals surface area contributed by atoms with Gasteiger partial charge in [0.1, 0.15) is 12.3 Å². The summed E-state index contributed by atoms with van der Waals surface area (Å²) >= 11 is 0. The first-order chi connectivity index (χ1) is 35.4. The number of aromatic nitrogens is 6. The molecule has 72 heavy (non-hydrogen) atoms. The molecule has 0 saturated heterocycles. The van der Waals surface area contributed by atoms with E-state index in [0.29, 0.717) is 18.0 Å². The van der Waals surface area contributed by atoms with E-state index in [9.17, 15) is 14.7 Å². The van der Waals surface area contributed by atoms with Crippen molar-refractivity contribution in [3.8, 4) is 0 Å². The molecule has 6 heterocycles. The van der Waals surface area contributed by atoms with Gasteiger partial charge in [0.2, 0.25) is 0 Å². The molecule has 12 rings (SSSR count). The smallest absolute Gasteiger partial charge is 0.356 e.